The number of methoxy groups -OCH3 is 1. The predicted octanol–water partition coefficient (Wildman–Crippen LogP) is 2.32. The van der Waals surface area contributed by atoms with E-state index in [0.717, 1.165) is 18.7 Å². The van der Waals surface area contributed by atoms with Gasteiger partial charge in [-0.15, -0.1) is 0 Å². The molecule has 0 spiro atoms. The summed E-state index contributed by atoms with van der Waals surface area (Å²) in [6.07, 6.45) is 4.18. The van der Waals surface area contributed by atoms with Crippen LogP contribution in [0.2, 0.25) is 5.02 Å². The van der Waals surface area contributed by atoms with Gasteiger partial charge in [-0.1, -0.05) is 11.6 Å². The third-order valence-corrected chi connectivity index (χ3v) is 2.73. The number of ether oxygens (including phenoxy) is 1. The highest BCUT2D eigenvalue weighted by Crippen LogP contribution is 2.25. The molecular formula is C10H13ClN2O. The van der Waals surface area contributed by atoms with E-state index in [4.69, 9.17) is 16.3 Å². The van der Waals surface area contributed by atoms with E-state index < -0.39 is 0 Å². The maximum absolute atomic E-state index is 5.73. The van der Waals surface area contributed by atoms with Crippen LogP contribution >= 0.6 is 11.6 Å². The van der Waals surface area contributed by atoms with E-state index in [9.17, 15) is 0 Å². The van der Waals surface area contributed by atoms with Crippen LogP contribution in [-0.4, -0.2) is 24.2 Å². The molecule has 1 aromatic rings. The van der Waals surface area contributed by atoms with Crippen LogP contribution in [0.1, 0.15) is 12.8 Å². The molecule has 1 N–H and O–H groups in total. The minimum Gasteiger partial charge on any atom is -0.381 e. The molecule has 76 valence electrons. The second kappa shape index (κ2) is 4.15. The average Bonchev–Trinajstić information content (AvgIpc) is 2.13. The zero-order valence-corrected chi connectivity index (χ0v) is 8.79. The standard InChI is InChI=1S/C10H13ClN2O/c1-14-9-4-8(5-9)13-10-3-2-7(11)6-12-10/h2-3,6,8-9H,4-5H2,1H3,(H,12,13). The van der Waals surface area contributed by atoms with E-state index >= 15 is 0 Å². The van der Waals surface area contributed by atoms with Crippen molar-refractivity contribution in [2.24, 2.45) is 0 Å². The number of nitrogens with one attached hydrogen (secondary N) is 1. The minimum absolute atomic E-state index is 0.416. The molecule has 0 saturated heterocycles. The Balaban J connectivity index is 1.84. The molecule has 0 atom stereocenters. The van der Waals surface area contributed by atoms with E-state index in [1.165, 1.54) is 0 Å². The van der Waals surface area contributed by atoms with Crippen molar-refractivity contribution < 1.29 is 4.74 Å². The first kappa shape index (κ1) is 9.74. The van der Waals surface area contributed by atoms with Gasteiger partial charge in [-0.2, -0.15) is 0 Å². The summed E-state index contributed by atoms with van der Waals surface area (Å²) in [4.78, 5) is 4.17. The molecule has 1 fully saturated rings. The van der Waals surface area contributed by atoms with Gasteiger partial charge in [0.15, 0.2) is 0 Å². The van der Waals surface area contributed by atoms with Gasteiger partial charge in [0.1, 0.15) is 5.82 Å². The van der Waals surface area contributed by atoms with E-state index in [2.05, 4.69) is 10.3 Å². The van der Waals surface area contributed by atoms with Crippen molar-refractivity contribution in [2.45, 2.75) is 25.0 Å². The van der Waals surface area contributed by atoms with Crippen LogP contribution in [0.15, 0.2) is 18.3 Å². The van der Waals surface area contributed by atoms with Crippen molar-refractivity contribution >= 4 is 17.4 Å². The number of aromatic nitrogens is 1. The van der Waals surface area contributed by atoms with E-state index in [-0.39, 0.29) is 0 Å². The molecular weight excluding hydrogens is 200 g/mol. The Morgan fingerprint density at radius 2 is 2.29 bits per heavy atom. The Kier molecular flexibility index (Phi) is 2.89. The van der Waals surface area contributed by atoms with Crippen molar-refractivity contribution in [2.75, 3.05) is 12.4 Å². The Hall–Kier alpha value is -0.800. The van der Waals surface area contributed by atoms with Crippen LogP contribution < -0.4 is 5.32 Å². The fourth-order valence-electron chi connectivity index (χ4n) is 1.55. The van der Waals surface area contributed by atoms with E-state index in [1.807, 2.05) is 12.1 Å². The van der Waals surface area contributed by atoms with Gasteiger partial charge in [-0.3, -0.25) is 0 Å². The van der Waals surface area contributed by atoms with Crippen molar-refractivity contribution in [1.82, 2.24) is 4.98 Å². The number of nitrogens with zero attached hydrogens (tertiary/aromatic N) is 1. The number of rotatable bonds is 3. The third-order valence-electron chi connectivity index (χ3n) is 2.51. The molecule has 0 aliphatic heterocycles. The fourth-order valence-corrected chi connectivity index (χ4v) is 1.66. The lowest BCUT2D eigenvalue weighted by Gasteiger charge is -2.34. The molecule has 0 amide bonds. The van der Waals surface area contributed by atoms with Gasteiger partial charge >= 0.3 is 0 Å². The van der Waals surface area contributed by atoms with Crippen LogP contribution in [0.3, 0.4) is 0 Å². The normalized spacial score (nSPS) is 25.6. The molecule has 14 heavy (non-hydrogen) atoms. The molecule has 4 heteroatoms. The zero-order valence-electron chi connectivity index (χ0n) is 8.03. The van der Waals surface area contributed by atoms with E-state index in [1.54, 1.807) is 13.3 Å². The lowest BCUT2D eigenvalue weighted by Crippen LogP contribution is -2.40. The first-order valence-corrected chi connectivity index (χ1v) is 5.06. The smallest absolute Gasteiger partial charge is 0.126 e. The Morgan fingerprint density at radius 3 is 2.86 bits per heavy atom. The summed E-state index contributed by atoms with van der Waals surface area (Å²) in [6, 6.07) is 4.22. The zero-order chi connectivity index (χ0) is 9.97. The van der Waals surface area contributed by atoms with Crippen molar-refractivity contribution in [3.63, 3.8) is 0 Å². The molecule has 2 rings (SSSR count). The topological polar surface area (TPSA) is 34.1 Å². The molecule has 1 aliphatic carbocycles. The average molecular weight is 213 g/mol. The highest BCUT2D eigenvalue weighted by Gasteiger charge is 2.28. The molecule has 1 aliphatic rings. The van der Waals surface area contributed by atoms with Gasteiger partial charge in [0, 0.05) is 19.3 Å². The molecule has 1 heterocycles. The Bertz CT molecular complexity index is 295. The van der Waals surface area contributed by atoms with Crippen molar-refractivity contribution in [3.8, 4) is 0 Å². The summed E-state index contributed by atoms with van der Waals surface area (Å²) < 4.78 is 5.19. The van der Waals surface area contributed by atoms with E-state index in [0.29, 0.717) is 17.2 Å². The third kappa shape index (κ3) is 2.16. The molecule has 1 saturated carbocycles. The largest absolute Gasteiger partial charge is 0.381 e. The lowest BCUT2D eigenvalue weighted by atomic mass is 9.89. The lowest BCUT2D eigenvalue weighted by molar-refractivity contribution is 0.0328. The number of pyridine rings is 1. The van der Waals surface area contributed by atoms with Gasteiger partial charge in [0.25, 0.3) is 0 Å². The summed E-state index contributed by atoms with van der Waals surface area (Å²) in [5, 5.41) is 3.99. The highest BCUT2D eigenvalue weighted by molar-refractivity contribution is 6.30. The van der Waals surface area contributed by atoms with Crippen LogP contribution in [-0.2, 0) is 4.74 Å². The monoisotopic (exact) mass is 212 g/mol. The molecule has 0 radical (unpaired) electrons. The first-order valence-electron chi connectivity index (χ1n) is 4.69. The number of hydrogen-bond donors (Lipinski definition) is 1. The summed E-state index contributed by atoms with van der Waals surface area (Å²) in [5.41, 5.74) is 0. The summed E-state index contributed by atoms with van der Waals surface area (Å²) in [6.45, 7) is 0. The Morgan fingerprint density at radius 1 is 1.50 bits per heavy atom. The predicted molar refractivity (Wildman–Crippen MR) is 56.7 cm³/mol. The number of halogens is 1. The van der Waals surface area contributed by atoms with Gasteiger partial charge in [0.2, 0.25) is 0 Å². The molecule has 0 bridgehead atoms. The maximum atomic E-state index is 5.73. The molecule has 0 unspecified atom stereocenters. The van der Waals surface area contributed by atoms with Crippen molar-refractivity contribution in [3.05, 3.63) is 23.4 Å². The summed E-state index contributed by atoms with van der Waals surface area (Å²) >= 11 is 5.73. The quantitative estimate of drug-likeness (QED) is 0.835. The van der Waals surface area contributed by atoms with Crippen molar-refractivity contribution in [1.29, 1.82) is 0 Å². The van der Waals surface area contributed by atoms with Crippen LogP contribution in [0.25, 0.3) is 0 Å². The van der Waals surface area contributed by atoms with Gasteiger partial charge in [0.05, 0.1) is 11.1 Å². The fraction of sp³-hybridized carbons (Fsp3) is 0.500. The second-order valence-electron chi connectivity index (χ2n) is 3.53. The highest BCUT2D eigenvalue weighted by atomic mass is 35.5. The van der Waals surface area contributed by atoms with Crippen LogP contribution in [0, 0.1) is 0 Å². The SMILES string of the molecule is COC1CC(Nc2ccc(Cl)cn2)C1. The van der Waals surface area contributed by atoms with Gasteiger partial charge < -0.3 is 10.1 Å². The van der Waals surface area contributed by atoms with Gasteiger partial charge in [-0.05, 0) is 25.0 Å². The van der Waals surface area contributed by atoms with Gasteiger partial charge in [-0.25, -0.2) is 4.98 Å². The van der Waals surface area contributed by atoms with Crippen LogP contribution in [0.4, 0.5) is 5.82 Å². The first-order chi connectivity index (χ1) is 6.78. The molecule has 1 aromatic heterocycles. The summed E-state index contributed by atoms with van der Waals surface area (Å²) in [5.74, 6) is 0.883. The number of anilines is 1. The Labute approximate surface area is 88.4 Å². The van der Waals surface area contributed by atoms with Crippen LogP contribution in [0.5, 0.6) is 0 Å². The second-order valence-corrected chi connectivity index (χ2v) is 3.97. The minimum atomic E-state index is 0.416. The molecule has 3 nitrogen and oxygen atoms in total. The molecule has 0 aromatic carbocycles. The maximum Gasteiger partial charge on any atom is 0.126 e. The number of hydrogen-bond acceptors (Lipinski definition) is 3. The summed E-state index contributed by atoms with van der Waals surface area (Å²) in [7, 11) is 1.75.